The number of nitrogens with zero attached hydrogens (tertiary/aromatic N) is 1. The van der Waals surface area contributed by atoms with Crippen molar-refractivity contribution in [3.05, 3.63) is 41.9 Å². The van der Waals surface area contributed by atoms with E-state index in [9.17, 15) is 4.79 Å². The van der Waals surface area contributed by atoms with E-state index in [0.717, 1.165) is 0 Å². The van der Waals surface area contributed by atoms with Crippen LogP contribution in [0.5, 0.6) is 0 Å². The van der Waals surface area contributed by atoms with Crippen LogP contribution in [0, 0.1) is 11.3 Å². The maximum atomic E-state index is 11.5. The van der Waals surface area contributed by atoms with E-state index in [2.05, 4.69) is 10.1 Å². The molecule has 0 radical (unpaired) electrons. The lowest BCUT2D eigenvalue weighted by Gasteiger charge is -2.04. The van der Waals surface area contributed by atoms with Crippen molar-refractivity contribution in [2.45, 2.75) is 0 Å². The molecule has 5 heteroatoms. The van der Waals surface area contributed by atoms with Gasteiger partial charge in [0.1, 0.15) is 6.07 Å². The summed E-state index contributed by atoms with van der Waals surface area (Å²) >= 11 is 0. The van der Waals surface area contributed by atoms with Gasteiger partial charge in [0.15, 0.2) is 5.57 Å². The highest BCUT2D eigenvalue weighted by molar-refractivity contribution is 6.06. The zero-order valence-corrected chi connectivity index (χ0v) is 8.60. The molecule has 1 amide bonds. The van der Waals surface area contributed by atoms with Gasteiger partial charge in [0.2, 0.25) is 0 Å². The molecule has 0 aliphatic rings. The molecule has 2 N–H and O–H groups in total. The molecule has 0 aliphatic carbocycles. The Bertz CT molecular complexity index is 446. The Morgan fingerprint density at radius 1 is 1.44 bits per heavy atom. The van der Waals surface area contributed by atoms with Crippen molar-refractivity contribution in [1.82, 2.24) is 0 Å². The molecule has 0 fully saturated rings. The Labute approximate surface area is 92.6 Å². The van der Waals surface area contributed by atoms with E-state index < -0.39 is 17.4 Å². The molecule has 0 aliphatic heterocycles. The van der Waals surface area contributed by atoms with Gasteiger partial charge in [0.05, 0.1) is 7.11 Å². The second-order valence-corrected chi connectivity index (χ2v) is 2.82. The lowest BCUT2D eigenvalue weighted by atomic mass is 10.2. The van der Waals surface area contributed by atoms with Crippen LogP contribution in [0.1, 0.15) is 0 Å². The summed E-state index contributed by atoms with van der Waals surface area (Å²) in [7, 11) is 1.17. The molecule has 0 heterocycles. The predicted molar refractivity (Wildman–Crippen MR) is 57.3 cm³/mol. The SMILES string of the molecule is CO/C(O)=C(\C#N)C(=O)Nc1ccccc1. The topological polar surface area (TPSA) is 82.3 Å². The fourth-order valence-electron chi connectivity index (χ4n) is 1.01. The van der Waals surface area contributed by atoms with Crippen molar-refractivity contribution in [3.63, 3.8) is 0 Å². The van der Waals surface area contributed by atoms with Crippen LogP contribution in [-0.4, -0.2) is 18.1 Å². The maximum Gasteiger partial charge on any atom is 0.300 e. The van der Waals surface area contributed by atoms with Gasteiger partial charge < -0.3 is 15.2 Å². The number of rotatable bonds is 3. The van der Waals surface area contributed by atoms with Crippen LogP contribution in [-0.2, 0) is 9.53 Å². The average Bonchev–Trinajstić information content (AvgIpc) is 2.31. The van der Waals surface area contributed by atoms with E-state index in [0.29, 0.717) is 5.69 Å². The van der Waals surface area contributed by atoms with E-state index in [1.54, 1.807) is 36.4 Å². The smallest absolute Gasteiger partial charge is 0.300 e. The van der Waals surface area contributed by atoms with Crippen LogP contribution in [0.3, 0.4) is 0 Å². The lowest BCUT2D eigenvalue weighted by Crippen LogP contribution is -2.15. The number of nitrogens with one attached hydrogen (secondary N) is 1. The first-order chi connectivity index (χ1) is 7.69. The number of ether oxygens (including phenoxy) is 1. The van der Waals surface area contributed by atoms with Gasteiger partial charge in [-0.05, 0) is 12.1 Å². The van der Waals surface area contributed by atoms with E-state index in [1.807, 2.05) is 0 Å². The third kappa shape index (κ3) is 2.75. The Balaban J connectivity index is 2.85. The van der Waals surface area contributed by atoms with Gasteiger partial charge in [0, 0.05) is 5.69 Å². The van der Waals surface area contributed by atoms with Crippen molar-refractivity contribution >= 4 is 11.6 Å². The number of hydrogen-bond acceptors (Lipinski definition) is 4. The Kier molecular flexibility index (Phi) is 3.92. The summed E-state index contributed by atoms with van der Waals surface area (Å²) in [6.45, 7) is 0. The molecule has 1 aromatic carbocycles. The number of anilines is 1. The normalized spacial score (nSPS) is 11.0. The Morgan fingerprint density at radius 3 is 2.56 bits per heavy atom. The van der Waals surface area contributed by atoms with Crippen LogP contribution in [0.15, 0.2) is 41.9 Å². The molecule has 0 spiro atoms. The van der Waals surface area contributed by atoms with Gasteiger partial charge in [-0.2, -0.15) is 5.26 Å². The highest BCUT2D eigenvalue weighted by Crippen LogP contribution is 2.09. The highest BCUT2D eigenvalue weighted by atomic mass is 16.6. The molecule has 0 atom stereocenters. The monoisotopic (exact) mass is 218 g/mol. The first kappa shape index (κ1) is 11.6. The van der Waals surface area contributed by atoms with E-state index in [1.165, 1.54) is 7.11 Å². The quantitative estimate of drug-likeness (QED) is 0.458. The number of hydrogen-bond donors (Lipinski definition) is 2. The van der Waals surface area contributed by atoms with Crippen LogP contribution in [0.4, 0.5) is 5.69 Å². The minimum Gasteiger partial charge on any atom is -0.480 e. The number of aliphatic hydroxyl groups excluding tert-OH is 1. The van der Waals surface area contributed by atoms with Crippen LogP contribution < -0.4 is 5.32 Å². The summed E-state index contributed by atoms with van der Waals surface area (Å²) in [5.41, 5.74) is 0.0653. The number of carbonyl (C=O) groups excluding carboxylic acids is 1. The second kappa shape index (κ2) is 5.41. The minimum absolute atomic E-state index is 0.466. The van der Waals surface area contributed by atoms with Crippen molar-refractivity contribution in [1.29, 1.82) is 5.26 Å². The van der Waals surface area contributed by atoms with Crippen molar-refractivity contribution in [3.8, 4) is 6.07 Å². The van der Waals surface area contributed by atoms with E-state index in [4.69, 9.17) is 10.4 Å². The number of amides is 1. The van der Waals surface area contributed by atoms with Crippen molar-refractivity contribution in [2.75, 3.05) is 12.4 Å². The van der Waals surface area contributed by atoms with E-state index in [-0.39, 0.29) is 0 Å². The van der Waals surface area contributed by atoms with Gasteiger partial charge in [-0.15, -0.1) is 0 Å². The summed E-state index contributed by atoms with van der Waals surface area (Å²) in [5, 5.41) is 20.3. The standard InChI is InChI=1S/C11H10N2O3/c1-16-11(15)9(7-12)10(14)13-8-5-3-2-4-6-8/h2-6,15H,1H3,(H,13,14)/b11-9+. The highest BCUT2D eigenvalue weighted by Gasteiger charge is 2.15. The summed E-state index contributed by atoms with van der Waals surface area (Å²) in [6, 6.07) is 10.2. The number of aliphatic hydroxyl groups is 1. The molecule has 0 bridgehead atoms. The van der Waals surface area contributed by atoms with Crippen LogP contribution in [0.2, 0.25) is 0 Å². The molecule has 0 saturated heterocycles. The molecular formula is C11H10N2O3. The van der Waals surface area contributed by atoms with Gasteiger partial charge in [0.25, 0.3) is 5.91 Å². The van der Waals surface area contributed by atoms with Crippen LogP contribution in [0.25, 0.3) is 0 Å². The molecule has 1 aromatic rings. The molecule has 82 valence electrons. The average molecular weight is 218 g/mol. The van der Waals surface area contributed by atoms with E-state index >= 15 is 0 Å². The summed E-state index contributed by atoms with van der Waals surface area (Å²) < 4.78 is 4.41. The molecule has 5 nitrogen and oxygen atoms in total. The van der Waals surface area contributed by atoms with Gasteiger partial charge in [-0.1, -0.05) is 18.2 Å². The molecular weight excluding hydrogens is 208 g/mol. The summed E-state index contributed by atoms with van der Waals surface area (Å²) in [5.74, 6) is -1.41. The predicted octanol–water partition coefficient (Wildman–Crippen LogP) is 1.56. The fraction of sp³-hybridized carbons (Fsp3) is 0.0909. The van der Waals surface area contributed by atoms with Crippen LogP contribution >= 0.6 is 0 Å². The van der Waals surface area contributed by atoms with Crippen molar-refractivity contribution < 1.29 is 14.6 Å². The number of nitriles is 1. The Morgan fingerprint density at radius 2 is 2.06 bits per heavy atom. The fourth-order valence-corrected chi connectivity index (χ4v) is 1.01. The van der Waals surface area contributed by atoms with Crippen molar-refractivity contribution in [2.24, 2.45) is 0 Å². The lowest BCUT2D eigenvalue weighted by molar-refractivity contribution is -0.113. The molecule has 0 unspecified atom stereocenters. The molecule has 1 rings (SSSR count). The second-order valence-electron chi connectivity index (χ2n) is 2.82. The zero-order valence-electron chi connectivity index (χ0n) is 8.60. The Hall–Kier alpha value is -2.48. The van der Waals surface area contributed by atoms with Gasteiger partial charge in [-0.25, -0.2) is 0 Å². The number of carbonyl (C=O) groups is 1. The minimum atomic E-state index is -0.715. The third-order valence-corrected chi connectivity index (χ3v) is 1.78. The molecule has 16 heavy (non-hydrogen) atoms. The third-order valence-electron chi connectivity index (χ3n) is 1.78. The first-order valence-electron chi connectivity index (χ1n) is 4.42. The zero-order chi connectivity index (χ0) is 12.0. The molecule has 0 saturated carbocycles. The molecule has 0 aromatic heterocycles. The van der Waals surface area contributed by atoms with Gasteiger partial charge in [-0.3, -0.25) is 4.79 Å². The summed E-state index contributed by atoms with van der Waals surface area (Å²) in [6.07, 6.45) is 0. The first-order valence-corrected chi connectivity index (χ1v) is 4.42. The summed E-state index contributed by atoms with van der Waals surface area (Å²) in [4.78, 5) is 11.5. The largest absolute Gasteiger partial charge is 0.480 e. The maximum absolute atomic E-state index is 11.5. The number of benzene rings is 1. The number of para-hydroxylation sites is 1. The van der Waals surface area contributed by atoms with Gasteiger partial charge >= 0.3 is 5.95 Å². The number of methoxy groups -OCH3 is 1.